The minimum Gasteiger partial charge on any atom is -0.453 e. The van der Waals surface area contributed by atoms with Crippen molar-refractivity contribution in [3.05, 3.63) is 71.8 Å². The van der Waals surface area contributed by atoms with Crippen LogP contribution in [0, 0.1) is 29.4 Å². The van der Waals surface area contributed by atoms with E-state index in [9.17, 15) is 8.78 Å². The van der Waals surface area contributed by atoms with Gasteiger partial charge in [-0.05, 0) is 92.0 Å². The molecule has 4 aliphatic rings. The standard InChI is InChI=1S/C28H28F2N2O2/c29-22-11-19(4-6-24(22)31)33-26-3-1-2-21(27(26)34-20-5-7-25(32)23(30)12-20)28-13-16-8-17(14-28)10-18(9-16)15-28/h1-7,11-12,16-18H,8-10,13-15,31-32H2. The van der Waals surface area contributed by atoms with Crippen LogP contribution < -0.4 is 20.9 Å². The van der Waals surface area contributed by atoms with E-state index in [0.29, 0.717) is 23.0 Å². The highest BCUT2D eigenvalue weighted by atomic mass is 19.1. The van der Waals surface area contributed by atoms with Gasteiger partial charge in [0.15, 0.2) is 11.5 Å². The van der Waals surface area contributed by atoms with Gasteiger partial charge in [-0.2, -0.15) is 0 Å². The van der Waals surface area contributed by atoms with Crippen LogP contribution in [-0.4, -0.2) is 0 Å². The number of para-hydroxylation sites is 1. The first kappa shape index (κ1) is 21.3. The summed E-state index contributed by atoms with van der Waals surface area (Å²) in [5, 5.41) is 0. The van der Waals surface area contributed by atoms with Crippen molar-refractivity contribution in [2.24, 2.45) is 17.8 Å². The van der Waals surface area contributed by atoms with Crippen molar-refractivity contribution in [3.63, 3.8) is 0 Å². The molecule has 4 saturated carbocycles. The summed E-state index contributed by atoms with van der Waals surface area (Å²) >= 11 is 0. The lowest BCUT2D eigenvalue weighted by Gasteiger charge is -2.57. The highest BCUT2D eigenvalue weighted by Crippen LogP contribution is 2.62. The highest BCUT2D eigenvalue weighted by Gasteiger charge is 2.52. The maximum atomic E-state index is 14.2. The quantitative estimate of drug-likeness (QED) is 0.394. The maximum absolute atomic E-state index is 14.2. The number of nitrogen functional groups attached to an aromatic ring is 2. The van der Waals surface area contributed by atoms with Gasteiger partial charge in [-0.3, -0.25) is 0 Å². The Balaban J connectivity index is 1.45. The average Bonchev–Trinajstić information content (AvgIpc) is 2.79. The Kier molecular flexibility index (Phi) is 4.94. The van der Waals surface area contributed by atoms with Crippen LogP contribution in [0.1, 0.15) is 44.1 Å². The van der Waals surface area contributed by atoms with Crippen molar-refractivity contribution in [1.82, 2.24) is 0 Å². The molecule has 3 aromatic rings. The first-order valence-corrected chi connectivity index (χ1v) is 12.0. The molecule has 7 rings (SSSR count). The average molecular weight is 463 g/mol. The van der Waals surface area contributed by atoms with E-state index in [1.165, 1.54) is 43.5 Å². The summed E-state index contributed by atoms with van der Waals surface area (Å²) in [4.78, 5) is 0. The molecule has 6 heteroatoms. The zero-order chi connectivity index (χ0) is 23.4. The van der Waals surface area contributed by atoms with E-state index in [4.69, 9.17) is 20.9 Å². The number of nitrogens with two attached hydrogens (primary N) is 2. The molecule has 3 aromatic carbocycles. The van der Waals surface area contributed by atoms with Crippen molar-refractivity contribution in [2.75, 3.05) is 11.5 Å². The number of halogens is 2. The van der Waals surface area contributed by atoms with Crippen LogP contribution in [0.3, 0.4) is 0 Å². The second-order valence-corrected chi connectivity index (χ2v) is 10.4. The van der Waals surface area contributed by atoms with Gasteiger partial charge in [-0.25, -0.2) is 8.78 Å². The van der Waals surface area contributed by atoms with Crippen molar-refractivity contribution < 1.29 is 18.3 Å². The largest absolute Gasteiger partial charge is 0.453 e. The molecule has 0 amide bonds. The third-order valence-electron chi connectivity index (χ3n) is 7.98. The van der Waals surface area contributed by atoms with Crippen LogP contribution in [0.2, 0.25) is 0 Å². The number of ether oxygens (including phenoxy) is 2. The van der Waals surface area contributed by atoms with Crippen LogP contribution in [-0.2, 0) is 5.41 Å². The Morgan fingerprint density at radius 3 is 1.76 bits per heavy atom. The SMILES string of the molecule is Nc1ccc(Oc2cccc(C34CC5CC(CC(C5)C3)C4)c2Oc2ccc(N)c(F)c2)cc1F. The van der Waals surface area contributed by atoms with Crippen molar-refractivity contribution in [1.29, 1.82) is 0 Å². The molecule has 0 spiro atoms. The van der Waals surface area contributed by atoms with E-state index in [1.54, 1.807) is 18.2 Å². The summed E-state index contributed by atoms with van der Waals surface area (Å²) in [5.74, 6) is 2.84. The van der Waals surface area contributed by atoms with Gasteiger partial charge in [0.25, 0.3) is 0 Å². The normalized spacial score (nSPS) is 27.1. The number of rotatable bonds is 5. The molecule has 34 heavy (non-hydrogen) atoms. The second-order valence-electron chi connectivity index (χ2n) is 10.4. The van der Waals surface area contributed by atoms with Crippen LogP contribution >= 0.6 is 0 Å². The first-order chi connectivity index (χ1) is 16.4. The maximum Gasteiger partial charge on any atom is 0.173 e. The fourth-order valence-electron chi connectivity index (χ4n) is 6.95. The molecule has 0 saturated heterocycles. The predicted molar refractivity (Wildman–Crippen MR) is 128 cm³/mol. The fourth-order valence-corrected chi connectivity index (χ4v) is 6.95. The summed E-state index contributed by atoms with van der Waals surface area (Å²) in [7, 11) is 0. The number of anilines is 2. The molecule has 0 aromatic heterocycles. The van der Waals surface area contributed by atoms with Crippen molar-refractivity contribution in [3.8, 4) is 23.0 Å². The summed E-state index contributed by atoms with van der Waals surface area (Å²) in [6, 6.07) is 14.7. The second kappa shape index (κ2) is 7.90. The highest BCUT2D eigenvalue weighted by molar-refractivity contribution is 5.56. The molecule has 4 bridgehead atoms. The van der Waals surface area contributed by atoms with E-state index in [2.05, 4.69) is 6.07 Å². The summed E-state index contributed by atoms with van der Waals surface area (Å²) in [5.41, 5.74) is 12.5. The zero-order valence-corrected chi connectivity index (χ0v) is 18.9. The van der Waals surface area contributed by atoms with E-state index in [0.717, 1.165) is 42.6 Å². The number of benzene rings is 3. The van der Waals surface area contributed by atoms with E-state index < -0.39 is 11.6 Å². The Morgan fingerprint density at radius 1 is 0.706 bits per heavy atom. The molecular formula is C28H28F2N2O2. The Morgan fingerprint density at radius 2 is 1.24 bits per heavy atom. The Labute approximate surface area is 197 Å². The van der Waals surface area contributed by atoms with Gasteiger partial charge in [-0.15, -0.1) is 0 Å². The minimum atomic E-state index is -0.544. The molecule has 0 radical (unpaired) electrons. The first-order valence-electron chi connectivity index (χ1n) is 12.0. The Hall–Kier alpha value is -3.28. The lowest BCUT2D eigenvalue weighted by atomic mass is 9.48. The summed E-state index contributed by atoms with van der Waals surface area (Å²) in [6.07, 6.45) is 7.35. The van der Waals surface area contributed by atoms with Crippen molar-refractivity contribution in [2.45, 2.75) is 43.9 Å². The van der Waals surface area contributed by atoms with Crippen LogP contribution in [0.4, 0.5) is 20.2 Å². The molecule has 0 unspecified atom stereocenters. The third kappa shape index (κ3) is 3.65. The summed E-state index contributed by atoms with van der Waals surface area (Å²) < 4.78 is 40.8. The van der Waals surface area contributed by atoms with Gasteiger partial charge < -0.3 is 20.9 Å². The van der Waals surface area contributed by atoms with Gasteiger partial charge >= 0.3 is 0 Å². The molecule has 4 nitrogen and oxygen atoms in total. The molecule has 4 N–H and O–H groups in total. The van der Waals surface area contributed by atoms with E-state index in [1.807, 2.05) is 6.07 Å². The Bertz CT molecular complexity index is 1220. The monoisotopic (exact) mass is 462 g/mol. The number of hydrogen-bond donors (Lipinski definition) is 2. The molecule has 176 valence electrons. The predicted octanol–water partition coefficient (Wildman–Crippen LogP) is 7.18. The molecule has 4 fully saturated rings. The third-order valence-corrected chi connectivity index (χ3v) is 7.98. The van der Waals surface area contributed by atoms with Gasteiger partial charge in [0, 0.05) is 17.7 Å². The lowest BCUT2D eigenvalue weighted by Crippen LogP contribution is -2.48. The smallest absolute Gasteiger partial charge is 0.173 e. The van der Waals surface area contributed by atoms with Crippen molar-refractivity contribution >= 4 is 11.4 Å². The lowest BCUT2D eigenvalue weighted by molar-refractivity contribution is -0.00608. The van der Waals surface area contributed by atoms with Crippen LogP contribution in [0.15, 0.2) is 54.6 Å². The van der Waals surface area contributed by atoms with Crippen LogP contribution in [0.25, 0.3) is 0 Å². The molecule has 0 heterocycles. The summed E-state index contributed by atoms with van der Waals surface area (Å²) in [6.45, 7) is 0. The minimum absolute atomic E-state index is 0.0160. The zero-order valence-electron chi connectivity index (χ0n) is 18.9. The van der Waals surface area contributed by atoms with Gasteiger partial charge in [0.2, 0.25) is 0 Å². The van der Waals surface area contributed by atoms with Gasteiger partial charge in [0.1, 0.15) is 23.1 Å². The van der Waals surface area contributed by atoms with Gasteiger partial charge in [0.05, 0.1) is 11.4 Å². The van der Waals surface area contributed by atoms with Gasteiger partial charge in [-0.1, -0.05) is 12.1 Å². The molecular weight excluding hydrogens is 434 g/mol. The number of hydrogen-bond acceptors (Lipinski definition) is 4. The molecule has 4 aliphatic carbocycles. The van der Waals surface area contributed by atoms with Crippen LogP contribution in [0.5, 0.6) is 23.0 Å². The van der Waals surface area contributed by atoms with E-state index >= 15 is 0 Å². The topological polar surface area (TPSA) is 70.5 Å². The van der Waals surface area contributed by atoms with E-state index in [-0.39, 0.29) is 16.8 Å². The fraction of sp³-hybridized carbons (Fsp3) is 0.357. The molecule has 0 aliphatic heterocycles. The molecule has 0 atom stereocenters.